The molecule has 6 heteroatoms. The molecule has 18 heavy (non-hydrogen) atoms. The molecule has 0 bridgehead atoms. The molecule has 0 aliphatic carbocycles. The lowest BCUT2D eigenvalue weighted by atomic mass is 9.91. The summed E-state index contributed by atoms with van der Waals surface area (Å²) in [5.74, 6) is -0.0564. The van der Waals surface area contributed by atoms with Crippen molar-refractivity contribution in [1.82, 2.24) is 10.6 Å². The highest BCUT2D eigenvalue weighted by Crippen LogP contribution is 2.14. The molecule has 0 saturated carbocycles. The van der Waals surface area contributed by atoms with Crippen molar-refractivity contribution in [2.75, 3.05) is 6.54 Å². The Morgan fingerprint density at radius 3 is 2.50 bits per heavy atom. The highest BCUT2D eigenvalue weighted by Gasteiger charge is 2.40. The maximum Gasteiger partial charge on any atom is 0.220 e. The van der Waals surface area contributed by atoms with Crippen LogP contribution in [0.25, 0.3) is 0 Å². The number of nitrogens with one attached hydrogen (secondary N) is 2. The lowest BCUT2D eigenvalue weighted by Gasteiger charge is -2.40. The van der Waals surface area contributed by atoms with Crippen LogP contribution in [0.4, 0.5) is 0 Å². The molecule has 5 N–H and O–H groups in total. The largest absolute Gasteiger partial charge is 0.389 e. The fourth-order valence-corrected chi connectivity index (χ4v) is 2.10. The van der Waals surface area contributed by atoms with Gasteiger partial charge in [-0.2, -0.15) is 0 Å². The molecule has 1 amide bonds. The molecule has 0 aromatic rings. The molecule has 1 rings (SSSR count). The van der Waals surface area contributed by atoms with Crippen molar-refractivity contribution in [2.24, 2.45) is 0 Å². The molecule has 0 aromatic heterocycles. The maximum absolute atomic E-state index is 11.4. The Bertz CT molecular complexity index is 275. The van der Waals surface area contributed by atoms with Crippen LogP contribution in [0.2, 0.25) is 0 Å². The fourth-order valence-electron chi connectivity index (χ4n) is 2.10. The van der Waals surface area contributed by atoms with Crippen LogP contribution in [0.1, 0.15) is 33.1 Å². The van der Waals surface area contributed by atoms with E-state index < -0.39 is 24.4 Å². The van der Waals surface area contributed by atoms with E-state index in [4.69, 9.17) is 0 Å². The summed E-state index contributed by atoms with van der Waals surface area (Å²) in [7, 11) is 0. The summed E-state index contributed by atoms with van der Waals surface area (Å²) < 4.78 is 0. The van der Waals surface area contributed by atoms with Gasteiger partial charge in [0.05, 0.1) is 18.2 Å². The second kappa shape index (κ2) is 7.04. The molecule has 1 aliphatic rings. The van der Waals surface area contributed by atoms with Crippen molar-refractivity contribution in [3.63, 3.8) is 0 Å². The zero-order valence-electron chi connectivity index (χ0n) is 11.0. The fraction of sp³-hybridized carbons (Fsp3) is 0.917. The highest BCUT2D eigenvalue weighted by atomic mass is 16.4. The number of rotatable bonds is 5. The summed E-state index contributed by atoms with van der Waals surface area (Å²) in [5, 5.41) is 34.7. The SMILES string of the molecule is CCCCC(=O)NC[C@H]1N[C@@H](C)[C@@H](O)[C@@H](O)[C@@H]1O. The minimum atomic E-state index is -1.18. The molecule has 1 saturated heterocycles. The molecule has 0 aromatic carbocycles. The van der Waals surface area contributed by atoms with E-state index in [1.807, 2.05) is 6.92 Å². The maximum atomic E-state index is 11.4. The van der Waals surface area contributed by atoms with Crippen molar-refractivity contribution < 1.29 is 20.1 Å². The van der Waals surface area contributed by atoms with Gasteiger partial charge in [-0.3, -0.25) is 4.79 Å². The van der Waals surface area contributed by atoms with Gasteiger partial charge in [0.15, 0.2) is 0 Å². The zero-order valence-corrected chi connectivity index (χ0v) is 11.0. The normalized spacial score (nSPS) is 36.4. The quantitative estimate of drug-likeness (QED) is 0.424. The number of piperidine rings is 1. The first kappa shape index (κ1) is 15.4. The van der Waals surface area contributed by atoms with E-state index in [0.29, 0.717) is 6.42 Å². The molecule has 0 spiro atoms. The summed E-state index contributed by atoms with van der Waals surface area (Å²) >= 11 is 0. The van der Waals surface area contributed by atoms with Gasteiger partial charge in [0.2, 0.25) is 5.91 Å². The van der Waals surface area contributed by atoms with Gasteiger partial charge in [0, 0.05) is 19.0 Å². The van der Waals surface area contributed by atoms with Crippen molar-refractivity contribution in [3.05, 3.63) is 0 Å². The molecule has 1 heterocycles. The molecule has 6 nitrogen and oxygen atoms in total. The first-order valence-electron chi connectivity index (χ1n) is 6.54. The van der Waals surface area contributed by atoms with Crippen LogP contribution in [-0.4, -0.2) is 58.2 Å². The summed E-state index contributed by atoms with van der Waals surface area (Å²) in [6.45, 7) is 3.99. The van der Waals surface area contributed by atoms with Crippen LogP contribution in [0.3, 0.4) is 0 Å². The van der Waals surface area contributed by atoms with E-state index in [2.05, 4.69) is 10.6 Å². The Hall–Kier alpha value is -0.690. The van der Waals surface area contributed by atoms with Gasteiger partial charge >= 0.3 is 0 Å². The number of carbonyl (C=O) groups excluding carboxylic acids is 1. The lowest BCUT2D eigenvalue weighted by molar-refractivity contribution is -0.124. The molecular weight excluding hydrogens is 236 g/mol. The van der Waals surface area contributed by atoms with Crippen LogP contribution >= 0.6 is 0 Å². The molecule has 1 fully saturated rings. The van der Waals surface area contributed by atoms with Crippen LogP contribution in [0.15, 0.2) is 0 Å². The van der Waals surface area contributed by atoms with Crippen LogP contribution in [0, 0.1) is 0 Å². The Kier molecular flexibility index (Phi) is 6.01. The number of hydrogen-bond donors (Lipinski definition) is 5. The lowest BCUT2D eigenvalue weighted by Crippen LogP contribution is -2.66. The van der Waals surface area contributed by atoms with Crippen molar-refractivity contribution >= 4 is 5.91 Å². The molecule has 0 radical (unpaired) electrons. The number of unbranched alkanes of at least 4 members (excludes halogenated alkanes) is 1. The standard InChI is InChI=1S/C12H24N2O4/c1-3-4-5-9(15)13-6-8-11(17)12(18)10(16)7(2)14-8/h7-8,10-12,14,16-18H,3-6H2,1-2H3,(H,13,15)/t7-,8+,10+,11+,12+/m0/s1. The molecular formula is C12H24N2O4. The molecule has 106 valence electrons. The second-order valence-electron chi connectivity index (χ2n) is 4.94. The number of aliphatic hydroxyl groups is 3. The first-order valence-corrected chi connectivity index (χ1v) is 6.54. The van der Waals surface area contributed by atoms with E-state index >= 15 is 0 Å². The van der Waals surface area contributed by atoms with Crippen LogP contribution in [0.5, 0.6) is 0 Å². The predicted octanol–water partition coefficient (Wildman–Crippen LogP) is -1.26. The van der Waals surface area contributed by atoms with Crippen molar-refractivity contribution in [2.45, 2.75) is 63.5 Å². The van der Waals surface area contributed by atoms with E-state index in [1.165, 1.54) is 0 Å². The minimum Gasteiger partial charge on any atom is -0.389 e. The first-order chi connectivity index (χ1) is 8.47. The third kappa shape index (κ3) is 3.91. The number of carbonyl (C=O) groups is 1. The second-order valence-corrected chi connectivity index (χ2v) is 4.94. The van der Waals surface area contributed by atoms with Gasteiger partial charge in [0.25, 0.3) is 0 Å². The average molecular weight is 260 g/mol. The third-order valence-corrected chi connectivity index (χ3v) is 3.38. The number of amides is 1. The predicted molar refractivity (Wildman–Crippen MR) is 66.9 cm³/mol. The Labute approximate surface area is 107 Å². The number of hydrogen-bond acceptors (Lipinski definition) is 5. The van der Waals surface area contributed by atoms with Gasteiger partial charge < -0.3 is 26.0 Å². The molecule has 5 atom stereocenters. The van der Waals surface area contributed by atoms with E-state index in [1.54, 1.807) is 6.92 Å². The van der Waals surface area contributed by atoms with E-state index in [9.17, 15) is 20.1 Å². The molecule has 0 unspecified atom stereocenters. The Morgan fingerprint density at radius 1 is 1.22 bits per heavy atom. The Morgan fingerprint density at radius 2 is 1.89 bits per heavy atom. The van der Waals surface area contributed by atoms with Crippen LogP contribution < -0.4 is 10.6 Å². The van der Waals surface area contributed by atoms with Gasteiger partial charge in [-0.1, -0.05) is 13.3 Å². The van der Waals surface area contributed by atoms with Crippen LogP contribution in [-0.2, 0) is 4.79 Å². The minimum absolute atomic E-state index is 0.0564. The van der Waals surface area contributed by atoms with Gasteiger partial charge in [-0.25, -0.2) is 0 Å². The molecule has 1 aliphatic heterocycles. The van der Waals surface area contributed by atoms with Crippen molar-refractivity contribution in [3.8, 4) is 0 Å². The van der Waals surface area contributed by atoms with E-state index in [-0.39, 0.29) is 18.5 Å². The van der Waals surface area contributed by atoms with Gasteiger partial charge in [-0.05, 0) is 13.3 Å². The number of aliphatic hydroxyl groups excluding tert-OH is 3. The third-order valence-electron chi connectivity index (χ3n) is 3.38. The summed E-state index contributed by atoms with van der Waals surface area (Å²) in [6, 6.07) is -0.759. The van der Waals surface area contributed by atoms with Gasteiger partial charge in [-0.15, -0.1) is 0 Å². The van der Waals surface area contributed by atoms with E-state index in [0.717, 1.165) is 12.8 Å². The summed E-state index contributed by atoms with van der Waals surface area (Å²) in [4.78, 5) is 11.4. The smallest absolute Gasteiger partial charge is 0.220 e. The zero-order chi connectivity index (χ0) is 13.7. The highest BCUT2D eigenvalue weighted by molar-refractivity contribution is 5.75. The van der Waals surface area contributed by atoms with Crippen molar-refractivity contribution in [1.29, 1.82) is 0 Å². The monoisotopic (exact) mass is 260 g/mol. The average Bonchev–Trinajstić information content (AvgIpc) is 2.36. The summed E-state index contributed by atoms with van der Waals surface area (Å²) in [6.07, 6.45) is -0.988. The van der Waals surface area contributed by atoms with Gasteiger partial charge in [0.1, 0.15) is 6.10 Å². The summed E-state index contributed by atoms with van der Waals surface area (Å²) in [5.41, 5.74) is 0. The topological polar surface area (TPSA) is 102 Å². The Balaban J connectivity index is 2.39.